The second-order valence-corrected chi connectivity index (χ2v) is 3.34. The van der Waals surface area contributed by atoms with E-state index < -0.39 is 11.2 Å². The predicted octanol–water partition coefficient (Wildman–Crippen LogP) is 0.227. The molecule has 1 atom stereocenters. The number of hydrogen-bond donors (Lipinski definition) is 1. The van der Waals surface area contributed by atoms with Crippen molar-refractivity contribution < 1.29 is 4.55 Å². The molecule has 8 heavy (non-hydrogen) atoms. The van der Waals surface area contributed by atoms with Crippen molar-refractivity contribution in [2.75, 3.05) is 12.3 Å². The normalized spacial score (nSPS) is 13.4. The first-order valence-electron chi connectivity index (χ1n) is 2.42. The maximum Gasteiger partial charge on any atom is 0.122 e. The van der Waals surface area contributed by atoms with Crippen LogP contribution in [0.3, 0.4) is 0 Å². The molecule has 0 saturated heterocycles. The summed E-state index contributed by atoms with van der Waals surface area (Å²) in [4.78, 5) is 0.704. The van der Waals surface area contributed by atoms with Crippen molar-refractivity contribution in [3.63, 3.8) is 0 Å². The van der Waals surface area contributed by atoms with Crippen molar-refractivity contribution in [2.45, 2.75) is 6.92 Å². The summed E-state index contributed by atoms with van der Waals surface area (Å²) in [7, 11) is 0. The highest BCUT2D eigenvalue weighted by molar-refractivity contribution is 7.95. The minimum Gasteiger partial charge on any atom is -0.612 e. The highest BCUT2D eigenvalue weighted by Gasteiger charge is 2.02. The van der Waals surface area contributed by atoms with Crippen molar-refractivity contribution in [1.82, 2.24) is 0 Å². The third-order valence-electron chi connectivity index (χ3n) is 0.692. The molecule has 0 amide bonds. The number of allylic oxidation sites excluding steroid dienone is 1. The molecule has 0 saturated carbocycles. The fourth-order valence-electron chi connectivity index (χ4n) is 0.281. The minimum atomic E-state index is -0.891. The molecule has 0 fully saturated rings. The zero-order valence-corrected chi connectivity index (χ0v) is 5.83. The number of rotatable bonds is 3. The van der Waals surface area contributed by atoms with Crippen LogP contribution in [0.15, 0.2) is 11.5 Å². The van der Waals surface area contributed by atoms with Gasteiger partial charge in [-0.05, 0) is 17.8 Å². The van der Waals surface area contributed by atoms with Gasteiger partial charge < -0.3 is 10.3 Å². The van der Waals surface area contributed by atoms with Gasteiger partial charge in [-0.25, -0.2) is 0 Å². The molecule has 2 nitrogen and oxygen atoms in total. The van der Waals surface area contributed by atoms with Gasteiger partial charge in [-0.3, -0.25) is 0 Å². The van der Waals surface area contributed by atoms with Gasteiger partial charge in [0, 0.05) is 13.5 Å². The molecule has 0 radical (unpaired) electrons. The second-order valence-electron chi connectivity index (χ2n) is 1.54. The SMILES string of the molecule is C=C(C)[S+]([O-])CCN. The van der Waals surface area contributed by atoms with Crippen LogP contribution in [-0.4, -0.2) is 16.9 Å². The van der Waals surface area contributed by atoms with E-state index in [0.717, 1.165) is 0 Å². The Morgan fingerprint density at radius 1 is 1.88 bits per heavy atom. The molecule has 0 bridgehead atoms. The fraction of sp³-hybridized carbons (Fsp3) is 0.600. The van der Waals surface area contributed by atoms with Gasteiger partial charge in [0.2, 0.25) is 0 Å². The van der Waals surface area contributed by atoms with Crippen LogP contribution < -0.4 is 5.73 Å². The van der Waals surface area contributed by atoms with Crippen LogP contribution in [0, 0.1) is 0 Å². The molecule has 3 heteroatoms. The fourth-order valence-corrected chi connectivity index (χ4v) is 0.844. The second kappa shape index (κ2) is 3.95. The first-order valence-corrected chi connectivity index (χ1v) is 3.74. The molecule has 0 aromatic heterocycles. The summed E-state index contributed by atoms with van der Waals surface area (Å²) in [5, 5.41) is 0. The molecule has 0 aliphatic carbocycles. The zero-order valence-electron chi connectivity index (χ0n) is 5.02. The van der Waals surface area contributed by atoms with Gasteiger partial charge in [-0.15, -0.1) is 0 Å². The average Bonchev–Trinajstić information content (AvgIpc) is 1.67. The van der Waals surface area contributed by atoms with Gasteiger partial charge in [-0.2, -0.15) is 0 Å². The molecule has 0 spiro atoms. The van der Waals surface area contributed by atoms with Gasteiger partial charge in [0.1, 0.15) is 10.7 Å². The van der Waals surface area contributed by atoms with Crippen LogP contribution >= 0.6 is 0 Å². The summed E-state index contributed by atoms with van der Waals surface area (Å²) in [5.74, 6) is 0.537. The summed E-state index contributed by atoms with van der Waals surface area (Å²) in [6, 6.07) is 0. The molecular weight excluding hydrogens is 122 g/mol. The van der Waals surface area contributed by atoms with E-state index in [2.05, 4.69) is 6.58 Å². The van der Waals surface area contributed by atoms with E-state index in [9.17, 15) is 4.55 Å². The third kappa shape index (κ3) is 3.07. The van der Waals surface area contributed by atoms with E-state index >= 15 is 0 Å². The first kappa shape index (κ1) is 8.01. The molecule has 1 unspecified atom stereocenters. The van der Waals surface area contributed by atoms with Gasteiger partial charge in [0.05, 0.1) is 0 Å². The molecule has 0 aliphatic rings. The number of hydrogen-bond acceptors (Lipinski definition) is 2. The Balaban J connectivity index is 3.32. The van der Waals surface area contributed by atoms with Crippen molar-refractivity contribution >= 4 is 11.2 Å². The lowest BCUT2D eigenvalue weighted by molar-refractivity contribution is 0.601. The van der Waals surface area contributed by atoms with Gasteiger partial charge in [0.25, 0.3) is 0 Å². The van der Waals surface area contributed by atoms with E-state index in [4.69, 9.17) is 5.73 Å². The lowest BCUT2D eigenvalue weighted by Crippen LogP contribution is -2.15. The molecule has 2 N–H and O–H groups in total. The van der Waals surface area contributed by atoms with E-state index in [1.807, 2.05) is 0 Å². The Bertz CT molecular complexity index is 84.5. The molecule has 0 aliphatic heterocycles. The highest BCUT2D eigenvalue weighted by atomic mass is 32.2. The predicted molar refractivity (Wildman–Crippen MR) is 36.9 cm³/mol. The van der Waals surface area contributed by atoms with Crippen LogP contribution in [0.1, 0.15) is 6.92 Å². The molecule has 0 aromatic carbocycles. The van der Waals surface area contributed by atoms with Gasteiger partial charge >= 0.3 is 0 Å². The van der Waals surface area contributed by atoms with Crippen LogP contribution in [0.25, 0.3) is 0 Å². The van der Waals surface area contributed by atoms with Crippen LogP contribution in [0.5, 0.6) is 0 Å². The lowest BCUT2D eigenvalue weighted by atomic mass is 10.8. The van der Waals surface area contributed by atoms with Crippen LogP contribution in [0.2, 0.25) is 0 Å². The maximum absolute atomic E-state index is 10.7. The largest absolute Gasteiger partial charge is 0.612 e. The number of nitrogens with two attached hydrogens (primary N) is 1. The Morgan fingerprint density at radius 3 is 2.50 bits per heavy atom. The smallest absolute Gasteiger partial charge is 0.122 e. The Hall–Kier alpha value is 0.01000. The van der Waals surface area contributed by atoms with E-state index in [-0.39, 0.29) is 0 Å². The Labute approximate surface area is 52.9 Å². The average molecular weight is 133 g/mol. The van der Waals surface area contributed by atoms with Gasteiger partial charge in [-0.1, -0.05) is 0 Å². The highest BCUT2D eigenvalue weighted by Crippen LogP contribution is 2.00. The van der Waals surface area contributed by atoms with E-state index in [1.54, 1.807) is 6.92 Å². The summed E-state index contributed by atoms with van der Waals surface area (Å²) in [6.45, 7) is 5.73. The van der Waals surface area contributed by atoms with Crippen LogP contribution in [0.4, 0.5) is 0 Å². The third-order valence-corrected chi connectivity index (χ3v) is 2.08. The Kier molecular flexibility index (Phi) is 3.95. The summed E-state index contributed by atoms with van der Waals surface area (Å²) >= 11 is -0.891. The van der Waals surface area contributed by atoms with Crippen molar-refractivity contribution in [3.8, 4) is 0 Å². The van der Waals surface area contributed by atoms with Crippen molar-refractivity contribution in [1.29, 1.82) is 0 Å². The zero-order chi connectivity index (χ0) is 6.57. The molecular formula is C5H11NOS. The topological polar surface area (TPSA) is 49.1 Å². The summed E-state index contributed by atoms with van der Waals surface area (Å²) in [5.41, 5.74) is 5.13. The van der Waals surface area contributed by atoms with E-state index in [1.165, 1.54) is 0 Å². The molecule has 0 rings (SSSR count). The van der Waals surface area contributed by atoms with E-state index in [0.29, 0.717) is 17.2 Å². The first-order chi connectivity index (χ1) is 3.68. The summed E-state index contributed by atoms with van der Waals surface area (Å²) in [6.07, 6.45) is 0. The maximum atomic E-state index is 10.7. The molecule has 48 valence electrons. The van der Waals surface area contributed by atoms with Crippen molar-refractivity contribution in [2.24, 2.45) is 5.73 Å². The standard InChI is InChI=1S/C5H11NOS/c1-5(2)8(7)4-3-6/h1,3-4,6H2,2H3. The van der Waals surface area contributed by atoms with Crippen LogP contribution in [-0.2, 0) is 11.2 Å². The van der Waals surface area contributed by atoms with Crippen molar-refractivity contribution in [3.05, 3.63) is 11.5 Å². The lowest BCUT2D eigenvalue weighted by Gasteiger charge is -2.06. The minimum absolute atomic E-state index is 0.472. The Morgan fingerprint density at radius 2 is 2.38 bits per heavy atom. The molecule has 0 aromatic rings. The van der Waals surface area contributed by atoms with Gasteiger partial charge in [0.15, 0.2) is 0 Å². The quantitative estimate of drug-likeness (QED) is 0.560. The monoisotopic (exact) mass is 133 g/mol. The summed E-state index contributed by atoms with van der Waals surface area (Å²) < 4.78 is 10.7. The molecule has 0 heterocycles.